The van der Waals surface area contributed by atoms with E-state index < -0.39 is 0 Å². The molecule has 0 aliphatic carbocycles. The quantitative estimate of drug-likeness (QED) is 0.595. The Morgan fingerprint density at radius 2 is 2.16 bits per heavy atom. The second kappa shape index (κ2) is 4.77. The van der Waals surface area contributed by atoms with E-state index >= 15 is 0 Å². The van der Waals surface area contributed by atoms with Gasteiger partial charge in [0.25, 0.3) is 0 Å². The van der Waals surface area contributed by atoms with Gasteiger partial charge in [-0.2, -0.15) is 0 Å². The minimum atomic E-state index is -0.0100. The first-order valence-electron chi connectivity index (χ1n) is 6.83. The minimum absolute atomic E-state index is 0.0100. The van der Waals surface area contributed by atoms with Crippen molar-refractivity contribution in [2.45, 2.75) is 31.8 Å². The summed E-state index contributed by atoms with van der Waals surface area (Å²) in [4.78, 5) is 13.4. The molecule has 0 amide bonds. The molecule has 2 unspecified atom stereocenters. The molecule has 2 fully saturated rings. The van der Waals surface area contributed by atoms with E-state index in [0.717, 1.165) is 18.9 Å². The lowest BCUT2D eigenvalue weighted by Crippen LogP contribution is -2.55. The normalized spacial score (nSPS) is 27.3. The standard InChI is InChI=1S/C13H20N6/c1-9-7-18-6-2-3-10(18)8-19(9)13-11(12(14)15)16-4-5-17-13/h4-5,9-10H,2-3,6-8H2,1H3,(H3,14,15). The lowest BCUT2D eigenvalue weighted by Gasteiger charge is -2.43. The van der Waals surface area contributed by atoms with Crippen LogP contribution in [0.1, 0.15) is 25.5 Å². The average Bonchev–Trinajstić information content (AvgIpc) is 2.84. The van der Waals surface area contributed by atoms with Gasteiger partial charge in [0, 0.05) is 37.6 Å². The molecule has 2 aliphatic heterocycles. The van der Waals surface area contributed by atoms with Gasteiger partial charge in [-0.1, -0.05) is 0 Å². The van der Waals surface area contributed by atoms with Crippen molar-refractivity contribution in [3.05, 3.63) is 18.1 Å². The van der Waals surface area contributed by atoms with Crippen LogP contribution in [0.5, 0.6) is 0 Å². The average molecular weight is 260 g/mol. The summed E-state index contributed by atoms with van der Waals surface area (Å²) in [5, 5.41) is 7.65. The van der Waals surface area contributed by atoms with E-state index in [4.69, 9.17) is 11.1 Å². The number of fused-ring (bicyclic) bond motifs is 1. The van der Waals surface area contributed by atoms with Crippen LogP contribution in [0.25, 0.3) is 0 Å². The van der Waals surface area contributed by atoms with Gasteiger partial charge in [0.2, 0.25) is 0 Å². The van der Waals surface area contributed by atoms with Crippen molar-refractivity contribution >= 4 is 11.7 Å². The second-order valence-electron chi connectivity index (χ2n) is 5.43. The predicted molar refractivity (Wildman–Crippen MR) is 74.5 cm³/mol. The highest BCUT2D eigenvalue weighted by molar-refractivity contribution is 5.97. The van der Waals surface area contributed by atoms with Gasteiger partial charge in [-0.15, -0.1) is 0 Å². The number of nitrogens with zero attached hydrogens (tertiary/aromatic N) is 4. The number of anilines is 1. The van der Waals surface area contributed by atoms with Crippen molar-refractivity contribution in [2.24, 2.45) is 5.73 Å². The van der Waals surface area contributed by atoms with Gasteiger partial charge in [0.15, 0.2) is 5.82 Å². The number of rotatable bonds is 2. The number of amidine groups is 1. The van der Waals surface area contributed by atoms with Crippen LogP contribution in [-0.2, 0) is 0 Å². The summed E-state index contributed by atoms with van der Waals surface area (Å²) in [5.41, 5.74) is 6.12. The maximum absolute atomic E-state index is 7.65. The van der Waals surface area contributed by atoms with E-state index in [0.29, 0.717) is 17.8 Å². The fourth-order valence-corrected chi connectivity index (χ4v) is 3.21. The van der Waals surface area contributed by atoms with Crippen LogP contribution in [0.3, 0.4) is 0 Å². The maximum Gasteiger partial charge on any atom is 0.158 e. The molecule has 3 N–H and O–H groups in total. The first-order valence-corrected chi connectivity index (χ1v) is 6.83. The Hall–Kier alpha value is -1.69. The maximum atomic E-state index is 7.65. The van der Waals surface area contributed by atoms with Crippen LogP contribution in [0.2, 0.25) is 0 Å². The van der Waals surface area contributed by atoms with E-state index in [-0.39, 0.29) is 5.84 Å². The zero-order valence-corrected chi connectivity index (χ0v) is 11.2. The number of nitrogen functional groups attached to an aromatic ring is 1. The van der Waals surface area contributed by atoms with Crippen molar-refractivity contribution < 1.29 is 0 Å². The zero-order chi connectivity index (χ0) is 13.4. The van der Waals surface area contributed by atoms with Crippen LogP contribution < -0.4 is 10.6 Å². The minimum Gasteiger partial charge on any atom is -0.382 e. The van der Waals surface area contributed by atoms with E-state index in [1.54, 1.807) is 12.4 Å². The molecule has 0 radical (unpaired) electrons. The van der Waals surface area contributed by atoms with Crippen LogP contribution in [-0.4, -0.2) is 52.4 Å². The zero-order valence-electron chi connectivity index (χ0n) is 11.2. The third kappa shape index (κ3) is 2.16. The van der Waals surface area contributed by atoms with E-state index in [1.807, 2.05) is 0 Å². The van der Waals surface area contributed by atoms with Crippen molar-refractivity contribution in [1.82, 2.24) is 14.9 Å². The van der Waals surface area contributed by atoms with Crippen LogP contribution in [0.15, 0.2) is 12.4 Å². The summed E-state index contributed by atoms with van der Waals surface area (Å²) >= 11 is 0. The molecule has 1 aromatic rings. The molecule has 2 aliphatic rings. The Kier molecular flexibility index (Phi) is 3.10. The number of hydrogen-bond acceptors (Lipinski definition) is 5. The molecule has 6 nitrogen and oxygen atoms in total. The van der Waals surface area contributed by atoms with E-state index in [9.17, 15) is 0 Å². The summed E-state index contributed by atoms with van der Waals surface area (Å²) in [6.07, 6.45) is 5.80. The molecular weight excluding hydrogens is 240 g/mol. The van der Waals surface area contributed by atoms with E-state index in [1.165, 1.54) is 19.4 Å². The van der Waals surface area contributed by atoms with Crippen molar-refractivity contribution in [1.29, 1.82) is 5.41 Å². The summed E-state index contributed by atoms with van der Waals surface area (Å²) in [6, 6.07) is 0.988. The van der Waals surface area contributed by atoms with Crippen molar-refractivity contribution in [3.8, 4) is 0 Å². The Balaban J connectivity index is 1.91. The van der Waals surface area contributed by atoms with Gasteiger partial charge in [0.1, 0.15) is 11.5 Å². The SMILES string of the molecule is CC1CN2CCCC2CN1c1nccnc1C(=N)N. The fourth-order valence-electron chi connectivity index (χ4n) is 3.21. The Morgan fingerprint density at radius 3 is 2.95 bits per heavy atom. The van der Waals surface area contributed by atoms with Crippen molar-refractivity contribution in [2.75, 3.05) is 24.5 Å². The van der Waals surface area contributed by atoms with Crippen LogP contribution in [0, 0.1) is 5.41 Å². The molecule has 2 atom stereocenters. The molecule has 0 spiro atoms. The van der Waals surface area contributed by atoms with Gasteiger partial charge in [0.05, 0.1) is 0 Å². The predicted octanol–water partition coefficient (Wildman–Crippen LogP) is 0.434. The summed E-state index contributed by atoms with van der Waals surface area (Å²) < 4.78 is 0. The largest absolute Gasteiger partial charge is 0.382 e. The third-order valence-electron chi connectivity index (χ3n) is 4.14. The molecule has 102 valence electrons. The molecule has 3 heterocycles. The number of nitrogens with two attached hydrogens (primary N) is 1. The molecule has 19 heavy (non-hydrogen) atoms. The first-order chi connectivity index (χ1) is 9.16. The molecule has 2 saturated heterocycles. The number of aromatic nitrogens is 2. The van der Waals surface area contributed by atoms with E-state index in [2.05, 4.69) is 26.7 Å². The lowest BCUT2D eigenvalue weighted by molar-refractivity contribution is 0.202. The molecule has 6 heteroatoms. The van der Waals surface area contributed by atoms with Gasteiger partial charge in [-0.3, -0.25) is 10.3 Å². The molecule has 3 rings (SSSR count). The fraction of sp³-hybridized carbons (Fsp3) is 0.615. The first kappa shape index (κ1) is 12.3. The number of hydrogen-bond donors (Lipinski definition) is 2. The number of nitrogens with one attached hydrogen (secondary N) is 1. The number of piperazine rings is 1. The second-order valence-corrected chi connectivity index (χ2v) is 5.43. The highest BCUT2D eigenvalue weighted by Crippen LogP contribution is 2.28. The molecule has 0 aromatic carbocycles. The third-order valence-corrected chi connectivity index (χ3v) is 4.14. The smallest absolute Gasteiger partial charge is 0.158 e. The molecular formula is C13H20N6. The molecule has 1 aromatic heterocycles. The van der Waals surface area contributed by atoms with Crippen molar-refractivity contribution in [3.63, 3.8) is 0 Å². The summed E-state index contributed by atoms with van der Waals surface area (Å²) in [5.74, 6) is 0.748. The highest BCUT2D eigenvalue weighted by atomic mass is 15.3. The Bertz CT molecular complexity index is 488. The highest BCUT2D eigenvalue weighted by Gasteiger charge is 2.35. The Morgan fingerprint density at radius 1 is 1.37 bits per heavy atom. The Labute approximate surface area is 113 Å². The molecule has 0 saturated carbocycles. The van der Waals surface area contributed by atoms with Gasteiger partial charge < -0.3 is 10.6 Å². The molecule has 0 bridgehead atoms. The topological polar surface area (TPSA) is 82.1 Å². The summed E-state index contributed by atoms with van der Waals surface area (Å²) in [7, 11) is 0. The van der Waals surface area contributed by atoms with Gasteiger partial charge >= 0.3 is 0 Å². The van der Waals surface area contributed by atoms with Gasteiger partial charge in [-0.25, -0.2) is 9.97 Å². The van der Waals surface area contributed by atoms with Gasteiger partial charge in [-0.05, 0) is 26.3 Å². The van der Waals surface area contributed by atoms with Crippen LogP contribution in [0.4, 0.5) is 5.82 Å². The van der Waals surface area contributed by atoms with Crippen LogP contribution >= 0.6 is 0 Å². The lowest BCUT2D eigenvalue weighted by atomic mass is 10.1. The monoisotopic (exact) mass is 260 g/mol. The summed E-state index contributed by atoms with van der Waals surface area (Å²) in [6.45, 7) is 5.43.